The number of nitrogens with one attached hydrogen (secondary N) is 1. The second-order valence-corrected chi connectivity index (χ2v) is 5.41. The third-order valence-electron chi connectivity index (χ3n) is 2.59. The summed E-state index contributed by atoms with van der Waals surface area (Å²) in [6, 6.07) is -0.514. The van der Waals surface area contributed by atoms with E-state index in [9.17, 15) is 9.59 Å². The summed E-state index contributed by atoms with van der Waals surface area (Å²) in [5, 5.41) is 11.8. The Hall–Kier alpha value is -1.10. The number of carboxylic acids is 1. The molecule has 5 heteroatoms. The summed E-state index contributed by atoms with van der Waals surface area (Å²) in [7, 11) is 0. The average molecular weight is 229 g/mol. The third kappa shape index (κ3) is 2.95. The average Bonchev–Trinajstić information content (AvgIpc) is 2.46. The van der Waals surface area contributed by atoms with Crippen LogP contribution in [-0.4, -0.2) is 34.2 Å². The summed E-state index contributed by atoms with van der Waals surface area (Å²) in [5.74, 6) is -1.31. The quantitative estimate of drug-likeness (QED) is 0.689. The van der Waals surface area contributed by atoms with Gasteiger partial charge in [0.15, 0.2) is 0 Å². The molecule has 0 spiro atoms. The Kier molecular flexibility index (Phi) is 3.28. The molecule has 1 aliphatic heterocycles. The summed E-state index contributed by atoms with van der Waals surface area (Å²) >= 11 is 0. The first-order chi connectivity index (χ1) is 7.14. The SMILES string of the molecule is CC(C)(C)OC(=O)C1CCC(C)(C(=O)O)N1. The molecule has 2 N–H and O–H groups in total. The molecule has 0 bridgehead atoms. The highest BCUT2D eigenvalue weighted by molar-refractivity contribution is 5.83. The van der Waals surface area contributed by atoms with Crippen LogP contribution in [0.25, 0.3) is 0 Å². The van der Waals surface area contributed by atoms with E-state index in [-0.39, 0.29) is 5.97 Å². The fourth-order valence-corrected chi connectivity index (χ4v) is 1.68. The molecule has 0 radical (unpaired) electrons. The zero-order chi connectivity index (χ0) is 12.6. The zero-order valence-corrected chi connectivity index (χ0v) is 10.2. The second-order valence-electron chi connectivity index (χ2n) is 5.41. The van der Waals surface area contributed by atoms with Crippen LogP contribution < -0.4 is 5.32 Å². The molecule has 1 rings (SSSR count). The molecule has 0 aromatic carbocycles. The molecule has 0 amide bonds. The molecule has 0 aliphatic carbocycles. The molecular formula is C11H19NO4. The minimum Gasteiger partial charge on any atom is -0.480 e. The summed E-state index contributed by atoms with van der Waals surface area (Å²) in [6.45, 7) is 6.95. The van der Waals surface area contributed by atoms with E-state index in [1.165, 1.54) is 0 Å². The van der Waals surface area contributed by atoms with Crippen LogP contribution in [0.3, 0.4) is 0 Å². The lowest BCUT2D eigenvalue weighted by Gasteiger charge is -2.24. The van der Waals surface area contributed by atoms with Gasteiger partial charge in [-0.05, 0) is 40.5 Å². The van der Waals surface area contributed by atoms with Gasteiger partial charge >= 0.3 is 11.9 Å². The third-order valence-corrected chi connectivity index (χ3v) is 2.59. The summed E-state index contributed by atoms with van der Waals surface area (Å²) in [6.07, 6.45) is 0.934. The molecule has 0 saturated carbocycles. The smallest absolute Gasteiger partial charge is 0.323 e. The van der Waals surface area contributed by atoms with Crippen LogP contribution in [0.1, 0.15) is 40.5 Å². The van der Waals surface area contributed by atoms with Crippen molar-refractivity contribution in [2.75, 3.05) is 0 Å². The van der Waals surface area contributed by atoms with Gasteiger partial charge in [-0.2, -0.15) is 0 Å². The molecule has 16 heavy (non-hydrogen) atoms. The van der Waals surface area contributed by atoms with Gasteiger partial charge in [0.2, 0.25) is 0 Å². The topological polar surface area (TPSA) is 75.6 Å². The van der Waals surface area contributed by atoms with Gasteiger partial charge in [0.1, 0.15) is 17.2 Å². The Morgan fingerprint density at radius 2 is 2.00 bits per heavy atom. The minimum atomic E-state index is -1.01. The predicted molar refractivity (Wildman–Crippen MR) is 58.0 cm³/mol. The van der Waals surface area contributed by atoms with E-state index in [1.807, 2.05) is 0 Å². The number of hydrogen-bond acceptors (Lipinski definition) is 4. The van der Waals surface area contributed by atoms with Crippen molar-refractivity contribution in [3.63, 3.8) is 0 Å². The Morgan fingerprint density at radius 3 is 2.38 bits per heavy atom. The van der Waals surface area contributed by atoms with Gasteiger partial charge in [0.05, 0.1) is 0 Å². The maximum Gasteiger partial charge on any atom is 0.323 e. The maximum atomic E-state index is 11.7. The fourth-order valence-electron chi connectivity index (χ4n) is 1.68. The Balaban J connectivity index is 2.60. The van der Waals surface area contributed by atoms with Crippen molar-refractivity contribution in [1.29, 1.82) is 0 Å². The molecule has 1 heterocycles. The van der Waals surface area contributed by atoms with Gasteiger partial charge in [-0.25, -0.2) is 0 Å². The normalized spacial score (nSPS) is 30.1. The molecule has 2 atom stereocenters. The van der Waals surface area contributed by atoms with E-state index in [4.69, 9.17) is 9.84 Å². The van der Waals surface area contributed by atoms with Crippen LogP contribution in [-0.2, 0) is 14.3 Å². The van der Waals surface area contributed by atoms with Gasteiger partial charge < -0.3 is 9.84 Å². The van der Waals surface area contributed by atoms with Crippen LogP contribution in [0.2, 0.25) is 0 Å². The van der Waals surface area contributed by atoms with Gasteiger partial charge in [-0.3, -0.25) is 14.9 Å². The monoisotopic (exact) mass is 229 g/mol. The number of carbonyl (C=O) groups is 2. The Labute approximate surface area is 95.2 Å². The molecular weight excluding hydrogens is 210 g/mol. The van der Waals surface area contributed by atoms with E-state index in [0.717, 1.165) is 0 Å². The molecule has 1 fully saturated rings. The van der Waals surface area contributed by atoms with Crippen LogP contribution in [0.15, 0.2) is 0 Å². The highest BCUT2D eigenvalue weighted by Crippen LogP contribution is 2.25. The van der Waals surface area contributed by atoms with Gasteiger partial charge in [0.25, 0.3) is 0 Å². The number of carboxylic acid groups (broad SMARTS) is 1. The lowest BCUT2D eigenvalue weighted by atomic mass is 10.0. The highest BCUT2D eigenvalue weighted by atomic mass is 16.6. The van der Waals surface area contributed by atoms with E-state index >= 15 is 0 Å². The molecule has 1 saturated heterocycles. The van der Waals surface area contributed by atoms with Crippen molar-refractivity contribution in [2.45, 2.75) is 57.7 Å². The van der Waals surface area contributed by atoms with Crippen molar-refractivity contribution in [1.82, 2.24) is 5.32 Å². The molecule has 1 aliphatic rings. The predicted octanol–water partition coefficient (Wildman–Crippen LogP) is 0.923. The summed E-state index contributed by atoms with van der Waals surface area (Å²) in [5.41, 5.74) is -1.55. The molecule has 2 unspecified atom stereocenters. The number of aliphatic carboxylic acids is 1. The van der Waals surface area contributed by atoms with Crippen LogP contribution in [0.5, 0.6) is 0 Å². The lowest BCUT2D eigenvalue weighted by Crippen LogP contribution is -2.50. The Morgan fingerprint density at radius 1 is 1.44 bits per heavy atom. The summed E-state index contributed by atoms with van der Waals surface area (Å²) < 4.78 is 5.20. The first-order valence-corrected chi connectivity index (χ1v) is 5.38. The second kappa shape index (κ2) is 4.05. The van der Waals surface area contributed by atoms with E-state index in [2.05, 4.69) is 5.32 Å². The number of hydrogen-bond donors (Lipinski definition) is 2. The minimum absolute atomic E-state index is 0.377. The first-order valence-electron chi connectivity index (χ1n) is 5.38. The van der Waals surface area contributed by atoms with Crippen molar-refractivity contribution < 1.29 is 19.4 Å². The van der Waals surface area contributed by atoms with Crippen molar-refractivity contribution in [3.05, 3.63) is 0 Å². The van der Waals surface area contributed by atoms with Crippen LogP contribution in [0.4, 0.5) is 0 Å². The largest absolute Gasteiger partial charge is 0.480 e. The highest BCUT2D eigenvalue weighted by Gasteiger charge is 2.44. The first kappa shape index (κ1) is 13.0. The molecule has 92 valence electrons. The number of carbonyl (C=O) groups excluding carboxylic acids is 1. The molecule has 0 aromatic rings. The molecule has 0 aromatic heterocycles. The van der Waals surface area contributed by atoms with Crippen molar-refractivity contribution >= 4 is 11.9 Å². The van der Waals surface area contributed by atoms with E-state index < -0.39 is 23.2 Å². The van der Waals surface area contributed by atoms with Gasteiger partial charge in [-0.1, -0.05) is 0 Å². The number of ether oxygens (including phenoxy) is 1. The molecule has 5 nitrogen and oxygen atoms in total. The van der Waals surface area contributed by atoms with Crippen LogP contribution >= 0.6 is 0 Å². The number of rotatable bonds is 2. The van der Waals surface area contributed by atoms with Crippen LogP contribution in [0, 0.1) is 0 Å². The maximum absolute atomic E-state index is 11.7. The zero-order valence-electron chi connectivity index (χ0n) is 10.2. The number of esters is 1. The van der Waals surface area contributed by atoms with Gasteiger partial charge in [-0.15, -0.1) is 0 Å². The van der Waals surface area contributed by atoms with Crippen molar-refractivity contribution in [2.24, 2.45) is 0 Å². The lowest BCUT2D eigenvalue weighted by molar-refractivity contribution is -0.157. The Bertz CT molecular complexity index is 308. The summed E-state index contributed by atoms with van der Waals surface area (Å²) in [4.78, 5) is 22.7. The van der Waals surface area contributed by atoms with Crippen molar-refractivity contribution in [3.8, 4) is 0 Å². The van der Waals surface area contributed by atoms with E-state index in [1.54, 1.807) is 27.7 Å². The fraction of sp³-hybridized carbons (Fsp3) is 0.818. The van der Waals surface area contributed by atoms with Gasteiger partial charge in [0, 0.05) is 0 Å². The standard InChI is InChI=1S/C11H19NO4/c1-10(2,3)16-8(13)7-5-6-11(4,12-7)9(14)15/h7,12H,5-6H2,1-4H3,(H,14,15). The van der Waals surface area contributed by atoms with E-state index in [0.29, 0.717) is 12.8 Å².